The molecule has 6 heteroatoms. The van der Waals surface area contributed by atoms with Crippen LogP contribution in [0.15, 0.2) is 0 Å². The van der Waals surface area contributed by atoms with Crippen LogP contribution in [-0.4, -0.2) is 18.9 Å². The number of hydrogen-bond donors (Lipinski definition) is 0. The van der Waals surface area contributed by atoms with Crippen molar-refractivity contribution in [2.45, 2.75) is 25.6 Å². The third kappa shape index (κ3) is 3.00. The molecule has 0 aliphatic rings. The van der Waals surface area contributed by atoms with Crippen LogP contribution in [0.3, 0.4) is 0 Å². The molecule has 0 saturated carbocycles. The molecule has 0 unspecified atom stereocenters. The SMILES string of the molecule is CCCOC(F)(F)C(F)(F)F. The molecule has 0 fully saturated rings. The van der Waals surface area contributed by atoms with Crippen molar-refractivity contribution < 1.29 is 26.7 Å². The van der Waals surface area contributed by atoms with E-state index in [-0.39, 0.29) is 6.42 Å². The van der Waals surface area contributed by atoms with E-state index in [1.54, 1.807) is 0 Å². The van der Waals surface area contributed by atoms with Crippen molar-refractivity contribution >= 4 is 0 Å². The summed E-state index contributed by atoms with van der Waals surface area (Å²) in [5.41, 5.74) is 0. The van der Waals surface area contributed by atoms with E-state index in [9.17, 15) is 22.0 Å². The van der Waals surface area contributed by atoms with Gasteiger partial charge in [-0.2, -0.15) is 22.0 Å². The molecule has 68 valence electrons. The Bertz CT molecular complexity index is 119. The first kappa shape index (κ1) is 10.6. The Hall–Kier alpha value is -0.390. The standard InChI is InChI=1S/C5H7F5O/c1-2-3-11-5(9,10)4(6,7)8/h2-3H2,1H3. The highest BCUT2D eigenvalue weighted by Crippen LogP contribution is 2.36. The van der Waals surface area contributed by atoms with Gasteiger partial charge in [-0.25, -0.2) is 0 Å². The van der Waals surface area contributed by atoms with Gasteiger partial charge in [0.05, 0.1) is 6.61 Å². The molecule has 0 aliphatic heterocycles. The van der Waals surface area contributed by atoms with Crippen molar-refractivity contribution in [1.82, 2.24) is 0 Å². The molecule has 0 aromatic carbocycles. The van der Waals surface area contributed by atoms with Crippen LogP contribution in [0.1, 0.15) is 13.3 Å². The Kier molecular flexibility index (Phi) is 3.22. The van der Waals surface area contributed by atoms with Crippen LogP contribution in [0.25, 0.3) is 0 Å². The number of rotatable bonds is 3. The van der Waals surface area contributed by atoms with Crippen LogP contribution in [-0.2, 0) is 4.74 Å². The maximum absolute atomic E-state index is 11.8. The molecule has 0 saturated heterocycles. The summed E-state index contributed by atoms with van der Waals surface area (Å²) in [6.45, 7) is 0.832. The van der Waals surface area contributed by atoms with E-state index in [4.69, 9.17) is 0 Å². The van der Waals surface area contributed by atoms with Gasteiger partial charge in [-0.1, -0.05) is 6.92 Å². The molecule has 0 N–H and O–H groups in total. The predicted molar refractivity (Wildman–Crippen MR) is 27.2 cm³/mol. The van der Waals surface area contributed by atoms with Gasteiger partial charge in [-0.3, -0.25) is 0 Å². The Labute approximate surface area is 60.1 Å². The molecule has 0 amide bonds. The molecule has 11 heavy (non-hydrogen) atoms. The van der Waals surface area contributed by atoms with Crippen LogP contribution in [0.5, 0.6) is 0 Å². The van der Waals surface area contributed by atoms with Crippen LogP contribution in [0, 0.1) is 0 Å². The van der Waals surface area contributed by atoms with E-state index in [1.165, 1.54) is 6.92 Å². The van der Waals surface area contributed by atoms with Crippen LogP contribution >= 0.6 is 0 Å². The average Bonchev–Trinajstić information content (AvgIpc) is 1.81. The zero-order chi connectivity index (χ0) is 9.12. The molecule has 0 spiro atoms. The maximum atomic E-state index is 11.8. The Balaban J connectivity index is 4.00. The fraction of sp³-hybridized carbons (Fsp3) is 1.00. The molecule has 0 aliphatic carbocycles. The third-order valence-electron chi connectivity index (χ3n) is 0.817. The molecule has 0 bridgehead atoms. The zero-order valence-corrected chi connectivity index (χ0v) is 5.71. The second-order valence-corrected chi connectivity index (χ2v) is 1.86. The number of ether oxygens (including phenoxy) is 1. The van der Waals surface area contributed by atoms with Gasteiger partial charge in [0.15, 0.2) is 0 Å². The molecular formula is C5H7F5O. The van der Waals surface area contributed by atoms with Gasteiger partial charge in [0, 0.05) is 0 Å². The summed E-state index contributed by atoms with van der Waals surface area (Å²) in [5, 5.41) is 0. The predicted octanol–water partition coefficient (Wildman–Crippen LogP) is 2.57. The molecular weight excluding hydrogens is 171 g/mol. The summed E-state index contributed by atoms with van der Waals surface area (Å²) in [7, 11) is 0. The van der Waals surface area contributed by atoms with Gasteiger partial charge in [-0.15, -0.1) is 0 Å². The van der Waals surface area contributed by atoms with Crippen LogP contribution < -0.4 is 0 Å². The van der Waals surface area contributed by atoms with E-state index >= 15 is 0 Å². The second-order valence-electron chi connectivity index (χ2n) is 1.86. The van der Waals surface area contributed by atoms with Gasteiger partial charge in [0.1, 0.15) is 0 Å². The number of halogens is 5. The number of alkyl halides is 5. The summed E-state index contributed by atoms with van der Waals surface area (Å²) in [6.07, 6.45) is -10.5. The van der Waals surface area contributed by atoms with E-state index in [1.807, 2.05) is 0 Å². The molecule has 0 rings (SSSR count). The van der Waals surface area contributed by atoms with Crippen molar-refractivity contribution in [3.8, 4) is 0 Å². The lowest BCUT2D eigenvalue weighted by atomic mass is 10.5. The molecule has 1 nitrogen and oxygen atoms in total. The first-order valence-electron chi connectivity index (χ1n) is 2.89. The van der Waals surface area contributed by atoms with Crippen LogP contribution in [0.4, 0.5) is 22.0 Å². The summed E-state index contributed by atoms with van der Waals surface area (Å²) in [5.74, 6) is 0. The topological polar surface area (TPSA) is 9.23 Å². The average molecular weight is 178 g/mol. The maximum Gasteiger partial charge on any atom is 0.482 e. The van der Waals surface area contributed by atoms with E-state index in [0.717, 1.165) is 0 Å². The first-order chi connectivity index (χ1) is 4.81. The van der Waals surface area contributed by atoms with Crippen LogP contribution in [0.2, 0.25) is 0 Å². The van der Waals surface area contributed by atoms with Gasteiger partial charge in [0.25, 0.3) is 0 Å². The van der Waals surface area contributed by atoms with E-state index in [0.29, 0.717) is 0 Å². The zero-order valence-electron chi connectivity index (χ0n) is 5.71. The number of hydrogen-bond acceptors (Lipinski definition) is 1. The fourth-order valence-corrected chi connectivity index (χ4v) is 0.312. The van der Waals surface area contributed by atoms with Crippen molar-refractivity contribution in [1.29, 1.82) is 0 Å². The molecule has 0 aromatic rings. The lowest BCUT2D eigenvalue weighted by molar-refractivity contribution is -0.391. The fourth-order valence-electron chi connectivity index (χ4n) is 0.312. The molecule has 0 radical (unpaired) electrons. The van der Waals surface area contributed by atoms with Crippen molar-refractivity contribution in [2.75, 3.05) is 6.61 Å². The summed E-state index contributed by atoms with van der Waals surface area (Å²) in [6, 6.07) is 0. The minimum absolute atomic E-state index is 0.117. The van der Waals surface area contributed by atoms with Crippen molar-refractivity contribution in [3.63, 3.8) is 0 Å². The third-order valence-corrected chi connectivity index (χ3v) is 0.817. The van der Waals surface area contributed by atoms with Crippen molar-refractivity contribution in [3.05, 3.63) is 0 Å². The van der Waals surface area contributed by atoms with Gasteiger partial charge >= 0.3 is 12.3 Å². The Morgan fingerprint density at radius 1 is 1.09 bits per heavy atom. The summed E-state index contributed by atoms with van der Waals surface area (Å²) >= 11 is 0. The minimum Gasteiger partial charge on any atom is -0.313 e. The lowest BCUT2D eigenvalue weighted by Gasteiger charge is -2.18. The monoisotopic (exact) mass is 178 g/mol. The van der Waals surface area contributed by atoms with Gasteiger partial charge in [0.2, 0.25) is 0 Å². The summed E-state index contributed by atoms with van der Waals surface area (Å²) < 4.78 is 60.7. The Morgan fingerprint density at radius 2 is 1.55 bits per heavy atom. The van der Waals surface area contributed by atoms with E-state index < -0.39 is 18.9 Å². The highest BCUT2D eigenvalue weighted by molar-refractivity contribution is 4.63. The molecule has 0 aromatic heterocycles. The lowest BCUT2D eigenvalue weighted by Crippen LogP contribution is -2.39. The van der Waals surface area contributed by atoms with Gasteiger partial charge in [-0.05, 0) is 6.42 Å². The second kappa shape index (κ2) is 3.34. The first-order valence-corrected chi connectivity index (χ1v) is 2.89. The minimum atomic E-state index is -5.61. The highest BCUT2D eigenvalue weighted by Gasteiger charge is 2.59. The largest absolute Gasteiger partial charge is 0.482 e. The Morgan fingerprint density at radius 3 is 1.82 bits per heavy atom. The van der Waals surface area contributed by atoms with Gasteiger partial charge < -0.3 is 4.74 Å². The quantitative estimate of drug-likeness (QED) is 0.603. The molecule has 0 atom stereocenters. The van der Waals surface area contributed by atoms with Crippen molar-refractivity contribution in [2.24, 2.45) is 0 Å². The normalized spacial score (nSPS) is 13.6. The summed E-state index contributed by atoms with van der Waals surface area (Å²) in [4.78, 5) is 0. The van der Waals surface area contributed by atoms with E-state index in [2.05, 4.69) is 4.74 Å². The smallest absolute Gasteiger partial charge is 0.313 e. The molecule has 0 heterocycles. The highest BCUT2D eigenvalue weighted by atomic mass is 19.4.